The molecule has 1 fully saturated rings. The molecule has 0 bridgehead atoms. The summed E-state index contributed by atoms with van der Waals surface area (Å²) in [5, 5.41) is 2.45. The van der Waals surface area contributed by atoms with Gasteiger partial charge in [0.1, 0.15) is 5.75 Å². The minimum Gasteiger partial charge on any atom is -0.484 e. The molecule has 1 saturated heterocycles. The number of nitrogens with zero attached hydrogens (tertiary/aromatic N) is 2. The zero-order valence-corrected chi connectivity index (χ0v) is 13.6. The summed E-state index contributed by atoms with van der Waals surface area (Å²) in [5.74, 6) is -0.211. The van der Waals surface area contributed by atoms with E-state index in [1.165, 1.54) is 9.80 Å². The Hall–Kier alpha value is -2.29. The third-order valence-electron chi connectivity index (χ3n) is 3.68. The van der Waals surface area contributed by atoms with Gasteiger partial charge in [0.15, 0.2) is 6.61 Å². The van der Waals surface area contributed by atoms with Crippen molar-refractivity contribution in [1.29, 1.82) is 0 Å². The molecule has 25 heavy (non-hydrogen) atoms. The van der Waals surface area contributed by atoms with Crippen LogP contribution < -0.4 is 10.1 Å². The second kappa shape index (κ2) is 8.70. The first-order chi connectivity index (χ1) is 11.8. The highest BCUT2D eigenvalue weighted by atomic mass is 19.4. The highest BCUT2D eigenvalue weighted by Crippen LogP contribution is 2.17. The fourth-order valence-corrected chi connectivity index (χ4v) is 2.41. The summed E-state index contributed by atoms with van der Waals surface area (Å²) in [6, 6.07) is 8.78. The molecule has 2 rings (SSSR count). The van der Waals surface area contributed by atoms with Gasteiger partial charge in [0.05, 0.1) is 13.1 Å². The minimum absolute atomic E-state index is 0.163. The molecule has 1 aromatic carbocycles. The summed E-state index contributed by atoms with van der Waals surface area (Å²) in [7, 11) is 0. The Balaban J connectivity index is 1.64. The van der Waals surface area contributed by atoms with Gasteiger partial charge in [0.25, 0.3) is 5.91 Å². The van der Waals surface area contributed by atoms with E-state index in [0.29, 0.717) is 5.75 Å². The highest BCUT2D eigenvalue weighted by Gasteiger charge is 2.32. The molecule has 138 valence electrons. The Kier molecular flexibility index (Phi) is 6.63. The van der Waals surface area contributed by atoms with E-state index < -0.39 is 18.6 Å². The van der Waals surface area contributed by atoms with Gasteiger partial charge in [0.2, 0.25) is 5.91 Å². The van der Waals surface area contributed by atoms with Crippen molar-refractivity contribution in [1.82, 2.24) is 15.1 Å². The van der Waals surface area contributed by atoms with Crippen molar-refractivity contribution in [3.63, 3.8) is 0 Å². The lowest BCUT2D eigenvalue weighted by Gasteiger charge is -2.35. The SMILES string of the molecule is O=C(COc1ccccc1)NCC(=O)N1CCN(CC(F)(F)F)CC1. The summed E-state index contributed by atoms with van der Waals surface area (Å²) in [6.45, 7) is -0.626. The van der Waals surface area contributed by atoms with Crippen LogP contribution in [0.5, 0.6) is 5.75 Å². The fraction of sp³-hybridized carbons (Fsp3) is 0.500. The third-order valence-corrected chi connectivity index (χ3v) is 3.68. The number of ether oxygens (including phenoxy) is 1. The summed E-state index contributed by atoms with van der Waals surface area (Å²) in [5.41, 5.74) is 0. The Bertz CT molecular complexity index is 573. The number of piperazine rings is 1. The lowest BCUT2D eigenvalue weighted by molar-refractivity contribution is -0.151. The predicted molar refractivity (Wildman–Crippen MR) is 84.0 cm³/mol. The first-order valence-electron chi connectivity index (χ1n) is 7.85. The van der Waals surface area contributed by atoms with Gasteiger partial charge < -0.3 is 15.0 Å². The van der Waals surface area contributed by atoms with Crippen LogP contribution in [0, 0.1) is 0 Å². The van der Waals surface area contributed by atoms with Crippen LogP contribution in [0.2, 0.25) is 0 Å². The number of carbonyl (C=O) groups excluding carboxylic acids is 2. The maximum absolute atomic E-state index is 12.3. The van der Waals surface area contributed by atoms with Crippen LogP contribution in [-0.2, 0) is 9.59 Å². The van der Waals surface area contributed by atoms with Crippen LogP contribution in [0.4, 0.5) is 13.2 Å². The molecule has 0 radical (unpaired) electrons. The number of rotatable bonds is 6. The normalized spacial score (nSPS) is 15.7. The molecule has 1 heterocycles. The van der Waals surface area contributed by atoms with E-state index in [2.05, 4.69) is 5.32 Å². The van der Waals surface area contributed by atoms with E-state index in [-0.39, 0.29) is 45.2 Å². The second-order valence-electron chi connectivity index (χ2n) is 5.65. The lowest BCUT2D eigenvalue weighted by Crippen LogP contribution is -2.53. The number of nitrogens with one attached hydrogen (secondary N) is 1. The van der Waals surface area contributed by atoms with Crippen molar-refractivity contribution in [2.24, 2.45) is 0 Å². The third kappa shape index (κ3) is 7.00. The first-order valence-corrected chi connectivity index (χ1v) is 7.85. The summed E-state index contributed by atoms with van der Waals surface area (Å²) in [4.78, 5) is 26.4. The molecule has 1 aromatic rings. The second-order valence-corrected chi connectivity index (χ2v) is 5.65. The monoisotopic (exact) mass is 359 g/mol. The summed E-state index contributed by atoms with van der Waals surface area (Å²) < 4.78 is 42.2. The van der Waals surface area contributed by atoms with E-state index in [4.69, 9.17) is 4.74 Å². The highest BCUT2D eigenvalue weighted by molar-refractivity contribution is 5.85. The molecule has 0 saturated carbocycles. The van der Waals surface area contributed by atoms with E-state index in [0.717, 1.165) is 0 Å². The largest absolute Gasteiger partial charge is 0.484 e. The van der Waals surface area contributed by atoms with Crippen molar-refractivity contribution < 1.29 is 27.5 Å². The molecule has 0 aliphatic carbocycles. The standard InChI is InChI=1S/C16H20F3N3O3/c17-16(18,19)12-21-6-8-22(9-7-21)15(24)10-20-14(23)11-25-13-4-2-1-3-5-13/h1-5H,6-12H2,(H,20,23). The van der Waals surface area contributed by atoms with Crippen LogP contribution in [-0.4, -0.2) is 73.7 Å². The maximum Gasteiger partial charge on any atom is 0.401 e. The zero-order valence-electron chi connectivity index (χ0n) is 13.6. The molecule has 2 amide bonds. The van der Waals surface area contributed by atoms with Crippen molar-refractivity contribution in [2.75, 3.05) is 45.9 Å². The van der Waals surface area contributed by atoms with Gasteiger partial charge in [-0.25, -0.2) is 0 Å². The van der Waals surface area contributed by atoms with Gasteiger partial charge in [-0.05, 0) is 12.1 Å². The maximum atomic E-state index is 12.3. The van der Waals surface area contributed by atoms with Gasteiger partial charge in [-0.2, -0.15) is 13.2 Å². The number of hydrogen-bond donors (Lipinski definition) is 1. The summed E-state index contributed by atoms with van der Waals surface area (Å²) in [6.07, 6.45) is -4.24. The van der Waals surface area contributed by atoms with Crippen LogP contribution >= 0.6 is 0 Å². The molecule has 0 spiro atoms. The van der Waals surface area contributed by atoms with E-state index >= 15 is 0 Å². The van der Waals surface area contributed by atoms with Crippen LogP contribution in [0.3, 0.4) is 0 Å². The Morgan fingerprint density at radius 3 is 2.32 bits per heavy atom. The molecular weight excluding hydrogens is 339 g/mol. The number of amides is 2. The van der Waals surface area contributed by atoms with Gasteiger partial charge >= 0.3 is 6.18 Å². The minimum atomic E-state index is -4.24. The van der Waals surface area contributed by atoms with Gasteiger partial charge in [-0.1, -0.05) is 18.2 Å². The van der Waals surface area contributed by atoms with Crippen LogP contribution in [0.15, 0.2) is 30.3 Å². The predicted octanol–water partition coefficient (Wildman–Crippen LogP) is 0.888. The van der Waals surface area contributed by atoms with Crippen LogP contribution in [0.1, 0.15) is 0 Å². The first kappa shape index (κ1) is 19.0. The van der Waals surface area contributed by atoms with Crippen molar-refractivity contribution in [3.05, 3.63) is 30.3 Å². The number of hydrogen-bond acceptors (Lipinski definition) is 4. The number of benzene rings is 1. The van der Waals surface area contributed by atoms with Crippen molar-refractivity contribution >= 4 is 11.8 Å². The zero-order chi connectivity index (χ0) is 18.3. The summed E-state index contributed by atoms with van der Waals surface area (Å²) >= 11 is 0. The Morgan fingerprint density at radius 2 is 1.72 bits per heavy atom. The average Bonchev–Trinajstić information content (AvgIpc) is 2.58. The number of para-hydroxylation sites is 1. The number of halogens is 3. The van der Waals surface area contributed by atoms with Crippen molar-refractivity contribution in [2.45, 2.75) is 6.18 Å². The average molecular weight is 359 g/mol. The molecule has 1 N–H and O–H groups in total. The lowest BCUT2D eigenvalue weighted by atomic mass is 10.3. The quantitative estimate of drug-likeness (QED) is 0.820. The topological polar surface area (TPSA) is 61.9 Å². The van der Waals surface area contributed by atoms with E-state index in [9.17, 15) is 22.8 Å². The smallest absolute Gasteiger partial charge is 0.401 e. The molecule has 0 atom stereocenters. The molecule has 1 aliphatic rings. The molecular formula is C16H20F3N3O3. The Labute approximate surface area is 143 Å². The molecule has 0 aromatic heterocycles. The Morgan fingerprint density at radius 1 is 1.08 bits per heavy atom. The van der Waals surface area contributed by atoms with E-state index in [1.54, 1.807) is 24.3 Å². The number of alkyl halides is 3. The number of carbonyl (C=O) groups is 2. The molecule has 6 nitrogen and oxygen atoms in total. The van der Waals surface area contributed by atoms with Crippen LogP contribution in [0.25, 0.3) is 0 Å². The van der Waals surface area contributed by atoms with E-state index in [1.807, 2.05) is 6.07 Å². The van der Waals surface area contributed by atoms with Gasteiger partial charge in [-0.3, -0.25) is 14.5 Å². The van der Waals surface area contributed by atoms with Gasteiger partial charge in [-0.15, -0.1) is 0 Å². The molecule has 1 aliphatic heterocycles. The molecule has 9 heteroatoms. The fourth-order valence-electron chi connectivity index (χ4n) is 2.41. The van der Waals surface area contributed by atoms with Gasteiger partial charge in [0, 0.05) is 26.2 Å². The van der Waals surface area contributed by atoms with Crippen molar-refractivity contribution in [3.8, 4) is 5.75 Å². The molecule has 0 unspecified atom stereocenters.